The van der Waals surface area contributed by atoms with Gasteiger partial charge in [-0.05, 0) is 31.9 Å². The first-order valence-corrected chi connectivity index (χ1v) is 8.98. The molecule has 3 rings (SSSR count). The average Bonchev–Trinajstić information content (AvgIpc) is 2.86. The molecule has 0 aromatic heterocycles. The lowest BCUT2D eigenvalue weighted by atomic mass is 9.81. The highest BCUT2D eigenvalue weighted by atomic mass is 19.3. The average molecular weight is 390 g/mol. The number of alkyl halides is 4. The standard InChI is InChI=1S/C18H22F4N2O3/c1-2-24-14(23-18(15(24)25)8-4-3-5-9-18)12-7-6-11(26-16(19)20)10-13(12)27-17(21)22/h6-7,10,14,16-17,23H,2-5,8-9H2,1H3. The molecule has 150 valence electrons. The molecule has 1 amide bonds. The number of nitrogens with one attached hydrogen (secondary N) is 1. The van der Waals surface area contributed by atoms with Crippen molar-refractivity contribution in [2.45, 2.75) is 64.0 Å². The van der Waals surface area contributed by atoms with Crippen LogP contribution < -0.4 is 14.8 Å². The number of likely N-dealkylation sites (N-methyl/N-ethyl adjacent to an activating group) is 1. The number of ether oxygens (including phenoxy) is 2. The summed E-state index contributed by atoms with van der Waals surface area (Å²) in [7, 11) is 0. The largest absolute Gasteiger partial charge is 0.435 e. The summed E-state index contributed by atoms with van der Waals surface area (Å²) in [5.74, 6) is -0.644. The van der Waals surface area contributed by atoms with Crippen molar-refractivity contribution in [3.63, 3.8) is 0 Å². The Balaban J connectivity index is 1.96. The fourth-order valence-electron chi connectivity index (χ4n) is 3.99. The third-order valence-corrected chi connectivity index (χ3v) is 5.16. The van der Waals surface area contributed by atoms with Crippen LogP contribution in [0.15, 0.2) is 18.2 Å². The molecular weight excluding hydrogens is 368 g/mol. The highest BCUT2D eigenvalue weighted by molar-refractivity contribution is 5.89. The molecule has 2 aliphatic rings. The van der Waals surface area contributed by atoms with Gasteiger partial charge in [0.15, 0.2) is 0 Å². The molecule has 0 radical (unpaired) electrons. The van der Waals surface area contributed by atoms with Crippen LogP contribution in [0, 0.1) is 0 Å². The Bertz CT molecular complexity index is 681. The minimum absolute atomic E-state index is 0.0643. The summed E-state index contributed by atoms with van der Waals surface area (Å²) < 4.78 is 59.5. The minimum Gasteiger partial charge on any atom is -0.435 e. The Morgan fingerprint density at radius 3 is 2.41 bits per heavy atom. The van der Waals surface area contributed by atoms with Gasteiger partial charge in [-0.15, -0.1) is 0 Å². The van der Waals surface area contributed by atoms with E-state index in [1.165, 1.54) is 12.1 Å². The van der Waals surface area contributed by atoms with Crippen LogP contribution in [0.3, 0.4) is 0 Å². The van der Waals surface area contributed by atoms with Crippen molar-refractivity contribution in [2.75, 3.05) is 6.54 Å². The zero-order chi connectivity index (χ0) is 19.6. The van der Waals surface area contributed by atoms with Gasteiger partial charge in [0, 0.05) is 18.2 Å². The van der Waals surface area contributed by atoms with E-state index in [2.05, 4.69) is 14.8 Å². The van der Waals surface area contributed by atoms with Crippen LogP contribution in [-0.4, -0.2) is 36.1 Å². The molecule has 1 spiro atoms. The molecule has 0 bridgehead atoms. The van der Waals surface area contributed by atoms with Gasteiger partial charge < -0.3 is 14.4 Å². The number of rotatable bonds is 6. The summed E-state index contributed by atoms with van der Waals surface area (Å²) in [6.07, 6.45) is 3.55. The summed E-state index contributed by atoms with van der Waals surface area (Å²) >= 11 is 0. The Labute approximate surface area is 154 Å². The van der Waals surface area contributed by atoms with Crippen LogP contribution in [0.2, 0.25) is 0 Å². The topological polar surface area (TPSA) is 50.8 Å². The highest BCUT2D eigenvalue weighted by Gasteiger charge is 2.51. The van der Waals surface area contributed by atoms with E-state index in [0.29, 0.717) is 19.4 Å². The van der Waals surface area contributed by atoms with Gasteiger partial charge in [-0.2, -0.15) is 17.6 Å². The molecular formula is C18H22F4N2O3. The van der Waals surface area contributed by atoms with Gasteiger partial charge >= 0.3 is 13.2 Å². The maximum atomic E-state index is 13.0. The normalized spacial score (nSPS) is 22.1. The first-order chi connectivity index (χ1) is 12.9. The maximum Gasteiger partial charge on any atom is 0.387 e. The number of halogens is 4. The number of benzene rings is 1. The molecule has 1 heterocycles. The lowest BCUT2D eigenvalue weighted by Gasteiger charge is -2.31. The zero-order valence-electron chi connectivity index (χ0n) is 14.9. The van der Waals surface area contributed by atoms with Crippen molar-refractivity contribution >= 4 is 5.91 Å². The van der Waals surface area contributed by atoms with E-state index >= 15 is 0 Å². The molecule has 1 aromatic rings. The molecule has 1 unspecified atom stereocenters. The molecule has 1 saturated heterocycles. The van der Waals surface area contributed by atoms with E-state index in [9.17, 15) is 22.4 Å². The van der Waals surface area contributed by atoms with E-state index in [-0.39, 0.29) is 23.0 Å². The van der Waals surface area contributed by atoms with Crippen LogP contribution in [-0.2, 0) is 4.79 Å². The molecule has 1 atom stereocenters. The van der Waals surface area contributed by atoms with Crippen LogP contribution in [0.4, 0.5) is 17.6 Å². The van der Waals surface area contributed by atoms with Crippen LogP contribution in [0.25, 0.3) is 0 Å². The molecule has 1 aromatic carbocycles. The van der Waals surface area contributed by atoms with E-state index < -0.39 is 24.9 Å². The molecule has 5 nitrogen and oxygen atoms in total. The van der Waals surface area contributed by atoms with Crippen molar-refractivity contribution in [3.8, 4) is 11.5 Å². The smallest absolute Gasteiger partial charge is 0.387 e. The molecule has 27 heavy (non-hydrogen) atoms. The quantitative estimate of drug-likeness (QED) is 0.745. The van der Waals surface area contributed by atoms with Gasteiger partial charge in [0.25, 0.3) is 0 Å². The summed E-state index contributed by atoms with van der Waals surface area (Å²) in [5.41, 5.74) is -0.423. The summed E-state index contributed by atoms with van der Waals surface area (Å²) in [5, 5.41) is 3.31. The van der Waals surface area contributed by atoms with Gasteiger partial charge in [0.2, 0.25) is 5.91 Å². The predicted molar refractivity (Wildman–Crippen MR) is 88.8 cm³/mol. The molecule has 1 N–H and O–H groups in total. The first kappa shape index (κ1) is 19.7. The van der Waals surface area contributed by atoms with Gasteiger partial charge in [-0.25, -0.2) is 0 Å². The van der Waals surface area contributed by atoms with Crippen LogP contribution >= 0.6 is 0 Å². The molecule has 1 saturated carbocycles. The van der Waals surface area contributed by atoms with E-state index in [0.717, 1.165) is 25.3 Å². The van der Waals surface area contributed by atoms with Gasteiger partial charge in [0.05, 0.1) is 5.54 Å². The highest BCUT2D eigenvalue weighted by Crippen LogP contribution is 2.42. The van der Waals surface area contributed by atoms with Crippen LogP contribution in [0.1, 0.15) is 50.8 Å². The number of hydrogen-bond acceptors (Lipinski definition) is 4. The Hall–Kier alpha value is -2.03. The van der Waals surface area contributed by atoms with Gasteiger partial charge in [-0.3, -0.25) is 10.1 Å². The third-order valence-electron chi connectivity index (χ3n) is 5.16. The monoisotopic (exact) mass is 390 g/mol. The maximum absolute atomic E-state index is 13.0. The fraction of sp³-hybridized carbons (Fsp3) is 0.611. The van der Waals surface area contributed by atoms with Crippen molar-refractivity contribution in [1.29, 1.82) is 0 Å². The number of amides is 1. The molecule has 1 aliphatic carbocycles. The molecule has 2 fully saturated rings. The number of carbonyl (C=O) groups excluding carboxylic acids is 1. The number of nitrogens with zero attached hydrogens (tertiary/aromatic N) is 1. The van der Waals surface area contributed by atoms with E-state index in [1.807, 2.05) is 0 Å². The lowest BCUT2D eigenvalue weighted by Crippen LogP contribution is -2.48. The minimum atomic E-state index is -3.14. The molecule has 1 aliphatic heterocycles. The van der Waals surface area contributed by atoms with Gasteiger partial charge in [-0.1, -0.05) is 19.3 Å². The van der Waals surface area contributed by atoms with Crippen molar-refractivity contribution in [1.82, 2.24) is 10.2 Å². The number of hydrogen-bond donors (Lipinski definition) is 1. The Morgan fingerprint density at radius 1 is 1.15 bits per heavy atom. The van der Waals surface area contributed by atoms with Crippen LogP contribution in [0.5, 0.6) is 11.5 Å². The predicted octanol–water partition coefficient (Wildman–Crippen LogP) is 4.04. The SMILES string of the molecule is CCN1C(=O)C2(CCCCC2)NC1c1ccc(OC(F)F)cc1OC(F)F. The van der Waals surface area contributed by atoms with E-state index in [4.69, 9.17) is 0 Å². The second-order valence-corrected chi connectivity index (χ2v) is 6.74. The van der Waals surface area contributed by atoms with Crippen molar-refractivity contribution in [2.24, 2.45) is 0 Å². The second kappa shape index (κ2) is 7.92. The zero-order valence-corrected chi connectivity index (χ0v) is 14.9. The van der Waals surface area contributed by atoms with Crippen molar-refractivity contribution in [3.05, 3.63) is 23.8 Å². The summed E-state index contributed by atoms with van der Waals surface area (Å²) in [6, 6.07) is 3.63. The fourth-order valence-corrected chi connectivity index (χ4v) is 3.99. The lowest BCUT2D eigenvalue weighted by molar-refractivity contribution is -0.134. The van der Waals surface area contributed by atoms with Crippen molar-refractivity contribution < 1.29 is 31.8 Å². The number of carbonyl (C=O) groups is 1. The second-order valence-electron chi connectivity index (χ2n) is 6.74. The summed E-state index contributed by atoms with van der Waals surface area (Å²) in [6.45, 7) is -4.04. The Morgan fingerprint density at radius 2 is 1.81 bits per heavy atom. The first-order valence-electron chi connectivity index (χ1n) is 8.98. The van der Waals surface area contributed by atoms with Gasteiger partial charge in [0.1, 0.15) is 17.7 Å². The van der Waals surface area contributed by atoms with E-state index in [1.54, 1.807) is 11.8 Å². The molecule has 9 heteroatoms. The Kier molecular flexibility index (Phi) is 5.78. The third kappa shape index (κ3) is 3.97. The summed E-state index contributed by atoms with van der Waals surface area (Å²) in [4.78, 5) is 14.6.